The molecule has 0 bridgehead atoms. The lowest BCUT2D eigenvalue weighted by Crippen LogP contribution is -2.42. The first-order valence-electron chi connectivity index (χ1n) is 5.85. The maximum absolute atomic E-state index is 11.3. The predicted molar refractivity (Wildman–Crippen MR) is 64.4 cm³/mol. The molecule has 1 aromatic rings. The van der Waals surface area contributed by atoms with Crippen LogP contribution in [-0.2, 0) is 6.54 Å². The number of carbonyl (C=O) groups excluding carboxylic acids is 1. The highest BCUT2D eigenvalue weighted by atomic mass is 16.3. The van der Waals surface area contributed by atoms with E-state index in [2.05, 4.69) is 20.9 Å². The van der Waals surface area contributed by atoms with Gasteiger partial charge in [-0.25, -0.2) is 0 Å². The molecular formula is C13H22NO2+. The normalized spacial score (nSPS) is 11.8. The Hall–Kier alpha value is -1.09. The van der Waals surface area contributed by atoms with E-state index < -0.39 is 0 Å². The maximum Gasteiger partial charge on any atom is 0.163 e. The Morgan fingerprint density at radius 2 is 1.94 bits per heavy atom. The zero-order valence-corrected chi connectivity index (χ0v) is 11.0. The second-order valence-corrected chi connectivity index (χ2v) is 4.65. The average molecular weight is 224 g/mol. The number of furan rings is 1. The molecule has 0 saturated heterocycles. The van der Waals surface area contributed by atoms with E-state index in [0.717, 1.165) is 35.6 Å². The molecule has 1 rings (SSSR count). The lowest BCUT2D eigenvalue weighted by Gasteiger charge is -2.30. The second-order valence-electron chi connectivity index (χ2n) is 4.65. The van der Waals surface area contributed by atoms with Crippen molar-refractivity contribution in [1.82, 2.24) is 0 Å². The molecule has 0 aromatic carbocycles. The Labute approximate surface area is 97.6 Å². The van der Waals surface area contributed by atoms with Crippen molar-refractivity contribution in [2.45, 2.75) is 34.2 Å². The summed E-state index contributed by atoms with van der Waals surface area (Å²) in [5.74, 6) is 1.73. The monoisotopic (exact) mass is 224 g/mol. The second kappa shape index (κ2) is 4.83. The molecule has 1 aromatic heterocycles. The smallest absolute Gasteiger partial charge is 0.163 e. The molecule has 0 spiro atoms. The Bertz CT molecular complexity index is 375. The number of ketones is 1. The van der Waals surface area contributed by atoms with Gasteiger partial charge in [0.15, 0.2) is 11.5 Å². The molecule has 0 unspecified atom stereocenters. The van der Waals surface area contributed by atoms with Gasteiger partial charge in [0, 0.05) is 0 Å². The zero-order valence-electron chi connectivity index (χ0n) is 11.0. The number of nitrogens with zero attached hydrogens (tertiary/aromatic N) is 1. The third-order valence-corrected chi connectivity index (χ3v) is 3.41. The van der Waals surface area contributed by atoms with Gasteiger partial charge < -0.3 is 8.90 Å². The molecule has 90 valence electrons. The summed E-state index contributed by atoms with van der Waals surface area (Å²) in [6.45, 7) is 10.7. The number of rotatable bonds is 5. The van der Waals surface area contributed by atoms with Crippen molar-refractivity contribution in [1.29, 1.82) is 0 Å². The highest BCUT2D eigenvalue weighted by molar-refractivity contribution is 5.95. The highest BCUT2D eigenvalue weighted by Crippen LogP contribution is 2.19. The number of hydrogen-bond acceptors (Lipinski definition) is 2. The van der Waals surface area contributed by atoms with Gasteiger partial charge in [0.05, 0.1) is 25.7 Å². The van der Waals surface area contributed by atoms with Crippen molar-refractivity contribution in [3.63, 3.8) is 0 Å². The number of quaternary nitrogens is 1. The van der Waals surface area contributed by atoms with E-state index in [9.17, 15) is 4.79 Å². The van der Waals surface area contributed by atoms with Crippen LogP contribution in [0, 0.1) is 6.92 Å². The van der Waals surface area contributed by atoms with E-state index in [1.807, 2.05) is 13.0 Å². The summed E-state index contributed by atoms with van der Waals surface area (Å²) in [7, 11) is 2.20. The molecule has 0 aliphatic heterocycles. The average Bonchev–Trinajstić information content (AvgIpc) is 2.59. The van der Waals surface area contributed by atoms with E-state index in [-0.39, 0.29) is 5.78 Å². The Morgan fingerprint density at radius 3 is 2.31 bits per heavy atom. The van der Waals surface area contributed by atoms with Crippen molar-refractivity contribution in [2.75, 3.05) is 20.1 Å². The summed E-state index contributed by atoms with van der Waals surface area (Å²) in [5, 5.41) is 0. The van der Waals surface area contributed by atoms with Crippen LogP contribution in [0.15, 0.2) is 10.5 Å². The quantitative estimate of drug-likeness (QED) is 0.568. The standard InChI is InChI=1S/C13H22NO2/c1-6-14(5,7-2)9-12-8-13(10(3)15)11(4)16-12/h8H,6-7,9H2,1-5H3/q+1. The summed E-state index contributed by atoms with van der Waals surface area (Å²) in [6.07, 6.45) is 0. The first-order chi connectivity index (χ1) is 7.41. The van der Waals surface area contributed by atoms with Gasteiger partial charge in [-0.3, -0.25) is 4.79 Å². The topological polar surface area (TPSA) is 30.2 Å². The van der Waals surface area contributed by atoms with Gasteiger partial charge in [-0.1, -0.05) is 0 Å². The van der Waals surface area contributed by atoms with Crippen molar-refractivity contribution in [3.05, 3.63) is 23.2 Å². The highest BCUT2D eigenvalue weighted by Gasteiger charge is 2.21. The molecule has 1 heterocycles. The SMILES string of the molecule is CC[N+](C)(CC)Cc1cc(C(C)=O)c(C)o1. The van der Waals surface area contributed by atoms with Crippen LogP contribution >= 0.6 is 0 Å². The molecule has 0 aliphatic carbocycles. The number of Topliss-reactive ketones (excluding diaryl/α,β-unsaturated/α-hetero) is 1. The molecule has 3 heteroatoms. The van der Waals surface area contributed by atoms with E-state index in [4.69, 9.17) is 4.42 Å². The van der Waals surface area contributed by atoms with Gasteiger partial charge >= 0.3 is 0 Å². The Balaban J connectivity index is 2.90. The largest absolute Gasteiger partial charge is 0.460 e. The maximum atomic E-state index is 11.3. The van der Waals surface area contributed by atoms with Crippen LogP contribution < -0.4 is 0 Å². The molecule has 0 fully saturated rings. The third kappa shape index (κ3) is 2.73. The summed E-state index contributed by atoms with van der Waals surface area (Å²) in [4.78, 5) is 11.3. The fourth-order valence-corrected chi connectivity index (χ4v) is 1.79. The first kappa shape index (κ1) is 13.0. The molecule has 0 saturated carbocycles. The number of aryl methyl sites for hydroxylation is 1. The van der Waals surface area contributed by atoms with Gasteiger partial charge in [-0.05, 0) is 33.8 Å². The molecular weight excluding hydrogens is 202 g/mol. The van der Waals surface area contributed by atoms with Gasteiger partial charge in [0.1, 0.15) is 12.3 Å². The van der Waals surface area contributed by atoms with Crippen molar-refractivity contribution in [2.24, 2.45) is 0 Å². The van der Waals surface area contributed by atoms with Crippen LogP contribution in [0.1, 0.15) is 42.6 Å². The summed E-state index contributed by atoms with van der Waals surface area (Å²) in [5.41, 5.74) is 0.716. The van der Waals surface area contributed by atoms with Crippen LogP contribution in [0.25, 0.3) is 0 Å². The zero-order chi connectivity index (χ0) is 12.3. The lowest BCUT2D eigenvalue weighted by atomic mass is 10.2. The van der Waals surface area contributed by atoms with E-state index in [0.29, 0.717) is 5.56 Å². The lowest BCUT2D eigenvalue weighted by molar-refractivity contribution is -0.920. The first-order valence-corrected chi connectivity index (χ1v) is 5.85. The van der Waals surface area contributed by atoms with Gasteiger partial charge in [-0.15, -0.1) is 0 Å². The number of hydrogen-bond donors (Lipinski definition) is 0. The molecule has 16 heavy (non-hydrogen) atoms. The summed E-state index contributed by atoms with van der Waals surface area (Å²) in [6, 6.07) is 1.89. The molecule has 0 amide bonds. The molecule has 0 aliphatic rings. The van der Waals surface area contributed by atoms with E-state index in [1.54, 1.807) is 6.92 Å². The molecule has 3 nitrogen and oxygen atoms in total. The van der Waals surface area contributed by atoms with E-state index in [1.165, 1.54) is 0 Å². The Kier molecular flexibility index (Phi) is 3.92. The van der Waals surface area contributed by atoms with Crippen LogP contribution in [0.2, 0.25) is 0 Å². The number of carbonyl (C=O) groups is 1. The fourth-order valence-electron chi connectivity index (χ4n) is 1.79. The van der Waals surface area contributed by atoms with Gasteiger partial charge in [-0.2, -0.15) is 0 Å². The van der Waals surface area contributed by atoms with Crippen LogP contribution in [0.3, 0.4) is 0 Å². The van der Waals surface area contributed by atoms with E-state index >= 15 is 0 Å². The summed E-state index contributed by atoms with van der Waals surface area (Å²) >= 11 is 0. The molecule has 0 atom stereocenters. The van der Waals surface area contributed by atoms with Gasteiger partial charge in [0.2, 0.25) is 0 Å². The molecule has 0 N–H and O–H groups in total. The Morgan fingerprint density at radius 1 is 1.38 bits per heavy atom. The van der Waals surface area contributed by atoms with Crippen molar-refractivity contribution >= 4 is 5.78 Å². The van der Waals surface area contributed by atoms with Crippen LogP contribution in [0.4, 0.5) is 0 Å². The van der Waals surface area contributed by atoms with Gasteiger partial charge in [0.25, 0.3) is 0 Å². The fraction of sp³-hybridized carbons (Fsp3) is 0.615. The third-order valence-electron chi connectivity index (χ3n) is 3.41. The van der Waals surface area contributed by atoms with Crippen LogP contribution in [0.5, 0.6) is 0 Å². The minimum atomic E-state index is 0.0784. The minimum Gasteiger partial charge on any atom is -0.460 e. The summed E-state index contributed by atoms with van der Waals surface area (Å²) < 4.78 is 6.57. The predicted octanol–water partition coefficient (Wildman–Crippen LogP) is 2.78. The van der Waals surface area contributed by atoms with Crippen molar-refractivity contribution in [3.8, 4) is 0 Å². The minimum absolute atomic E-state index is 0.0784. The molecule has 0 radical (unpaired) electrons. The van der Waals surface area contributed by atoms with Crippen LogP contribution in [-0.4, -0.2) is 30.4 Å². The van der Waals surface area contributed by atoms with Crippen molar-refractivity contribution < 1.29 is 13.7 Å².